The quantitative estimate of drug-likeness (QED) is 0.780. The molecule has 0 saturated carbocycles. The number of hydrogen-bond acceptors (Lipinski definition) is 4. The predicted molar refractivity (Wildman–Crippen MR) is 76.2 cm³/mol. The van der Waals surface area contributed by atoms with Gasteiger partial charge in [0.1, 0.15) is 5.70 Å². The molecule has 0 spiro atoms. The van der Waals surface area contributed by atoms with E-state index >= 15 is 0 Å². The van der Waals surface area contributed by atoms with Gasteiger partial charge in [-0.3, -0.25) is 0 Å². The first-order chi connectivity index (χ1) is 8.08. The van der Waals surface area contributed by atoms with Gasteiger partial charge >= 0.3 is 0 Å². The lowest BCUT2D eigenvalue weighted by molar-refractivity contribution is 0.867. The van der Waals surface area contributed by atoms with Crippen molar-refractivity contribution in [3.8, 4) is 0 Å². The van der Waals surface area contributed by atoms with E-state index in [0.717, 1.165) is 10.7 Å². The normalized spacial score (nSPS) is 12.3. The molecule has 0 amide bonds. The maximum Gasteiger partial charge on any atom is 0.112 e. The molecule has 0 bridgehead atoms. The summed E-state index contributed by atoms with van der Waals surface area (Å²) < 4.78 is 0. The topological polar surface area (TPSA) is 41.5 Å². The zero-order valence-corrected chi connectivity index (χ0v) is 11.5. The van der Waals surface area contributed by atoms with E-state index in [4.69, 9.17) is 0 Å². The molecule has 0 heterocycles. The molecule has 0 aliphatic heterocycles. The molecule has 4 heteroatoms. The Balaban J connectivity index is 2.85. The lowest BCUT2D eigenvalue weighted by Crippen LogP contribution is -1.98. The van der Waals surface area contributed by atoms with Gasteiger partial charge in [0.15, 0.2) is 0 Å². The summed E-state index contributed by atoms with van der Waals surface area (Å²) in [6.45, 7) is 6.03. The van der Waals surface area contributed by atoms with Gasteiger partial charge in [0.2, 0.25) is 0 Å². The van der Waals surface area contributed by atoms with Crippen LogP contribution in [0.15, 0.2) is 40.2 Å². The number of benzene rings is 1. The van der Waals surface area contributed by atoms with Crippen LogP contribution in [0.2, 0.25) is 0 Å². The molecular formula is C13H18N2OS. The van der Waals surface area contributed by atoms with Crippen LogP contribution in [0.25, 0.3) is 0 Å². The van der Waals surface area contributed by atoms with Crippen LogP contribution < -0.4 is 5.32 Å². The third-order valence-electron chi connectivity index (χ3n) is 2.50. The monoisotopic (exact) mass is 250 g/mol. The fourth-order valence-electron chi connectivity index (χ4n) is 1.41. The Hall–Kier alpha value is -1.29. The zero-order valence-electron chi connectivity index (χ0n) is 10.7. The number of rotatable bonds is 5. The second-order valence-corrected chi connectivity index (χ2v) is 4.93. The van der Waals surface area contributed by atoms with Crippen LogP contribution >= 0.6 is 11.8 Å². The first kappa shape index (κ1) is 13.8. The van der Waals surface area contributed by atoms with E-state index < -0.39 is 0 Å². The Morgan fingerprint density at radius 2 is 1.88 bits per heavy atom. The van der Waals surface area contributed by atoms with E-state index in [2.05, 4.69) is 36.5 Å². The summed E-state index contributed by atoms with van der Waals surface area (Å²) in [7, 11) is 0. The van der Waals surface area contributed by atoms with Gasteiger partial charge in [0.05, 0.1) is 5.03 Å². The van der Waals surface area contributed by atoms with Gasteiger partial charge < -0.3 is 5.32 Å². The minimum atomic E-state index is 0.477. The molecule has 0 atom stereocenters. The standard InChI is InChI=1S/C13H18N2OS/c1-9(2)11-5-7-12(8-6-11)14-13(17-4)10(3)15-16/h5-9,14H,1-4H3/b13-10-. The molecule has 17 heavy (non-hydrogen) atoms. The lowest BCUT2D eigenvalue weighted by Gasteiger charge is -2.11. The Morgan fingerprint density at radius 1 is 1.29 bits per heavy atom. The van der Waals surface area contributed by atoms with Gasteiger partial charge in [0, 0.05) is 5.69 Å². The van der Waals surface area contributed by atoms with Crippen LogP contribution in [0, 0.1) is 4.91 Å². The molecule has 1 N–H and O–H groups in total. The van der Waals surface area contributed by atoms with Crippen LogP contribution in [0.3, 0.4) is 0 Å². The molecule has 0 unspecified atom stereocenters. The van der Waals surface area contributed by atoms with Crippen molar-refractivity contribution in [1.29, 1.82) is 0 Å². The van der Waals surface area contributed by atoms with E-state index in [0.29, 0.717) is 11.6 Å². The van der Waals surface area contributed by atoms with Crippen molar-refractivity contribution in [2.75, 3.05) is 11.6 Å². The third-order valence-corrected chi connectivity index (χ3v) is 3.31. The summed E-state index contributed by atoms with van der Waals surface area (Å²) >= 11 is 1.48. The van der Waals surface area contributed by atoms with E-state index in [1.807, 2.05) is 18.4 Å². The minimum Gasteiger partial charge on any atom is -0.349 e. The molecule has 1 aromatic carbocycles. The lowest BCUT2D eigenvalue weighted by atomic mass is 10.0. The van der Waals surface area contributed by atoms with E-state index in [-0.39, 0.29) is 0 Å². The number of allylic oxidation sites excluding steroid dienone is 1. The number of hydrogen-bond donors (Lipinski definition) is 1. The molecule has 92 valence electrons. The maximum atomic E-state index is 10.5. The van der Waals surface area contributed by atoms with Gasteiger partial charge in [-0.15, -0.1) is 16.7 Å². The predicted octanol–water partition coefficient (Wildman–Crippen LogP) is 4.54. The largest absolute Gasteiger partial charge is 0.349 e. The summed E-state index contributed by atoms with van der Waals surface area (Å²) in [5.41, 5.74) is 2.75. The molecule has 1 aromatic rings. The zero-order chi connectivity index (χ0) is 12.8. The first-order valence-electron chi connectivity index (χ1n) is 5.53. The highest BCUT2D eigenvalue weighted by atomic mass is 32.2. The Labute approximate surface area is 107 Å². The average molecular weight is 250 g/mol. The number of nitrogens with zero attached hydrogens (tertiary/aromatic N) is 1. The van der Waals surface area contributed by atoms with Crippen LogP contribution in [0.4, 0.5) is 5.69 Å². The molecule has 0 saturated heterocycles. The molecule has 0 aliphatic carbocycles. The summed E-state index contributed by atoms with van der Waals surface area (Å²) in [4.78, 5) is 10.5. The summed E-state index contributed by atoms with van der Waals surface area (Å²) in [5.74, 6) is 0.526. The highest BCUT2D eigenvalue weighted by Gasteiger charge is 2.03. The van der Waals surface area contributed by atoms with Gasteiger partial charge in [-0.25, -0.2) is 0 Å². The van der Waals surface area contributed by atoms with Crippen LogP contribution in [-0.2, 0) is 0 Å². The van der Waals surface area contributed by atoms with Crippen molar-refractivity contribution < 1.29 is 0 Å². The van der Waals surface area contributed by atoms with Crippen LogP contribution in [0.1, 0.15) is 32.3 Å². The molecule has 0 aliphatic rings. The summed E-state index contributed by atoms with van der Waals surface area (Å²) in [5, 5.41) is 6.93. The number of nitrogens with one attached hydrogen (secondary N) is 1. The second kappa shape index (κ2) is 6.45. The summed E-state index contributed by atoms with van der Waals surface area (Å²) in [6, 6.07) is 8.22. The highest BCUT2D eigenvalue weighted by Crippen LogP contribution is 2.23. The van der Waals surface area contributed by atoms with E-state index in [1.165, 1.54) is 17.3 Å². The Bertz CT molecular complexity index is 410. The van der Waals surface area contributed by atoms with Crippen molar-refractivity contribution in [2.24, 2.45) is 5.18 Å². The van der Waals surface area contributed by atoms with Crippen molar-refractivity contribution in [3.63, 3.8) is 0 Å². The van der Waals surface area contributed by atoms with Gasteiger partial charge in [-0.1, -0.05) is 26.0 Å². The molecule has 0 fully saturated rings. The maximum absolute atomic E-state index is 10.5. The van der Waals surface area contributed by atoms with Gasteiger partial charge in [-0.2, -0.15) is 0 Å². The molecular weight excluding hydrogens is 232 g/mol. The highest BCUT2D eigenvalue weighted by molar-refractivity contribution is 8.02. The minimum absolute atomic E-state index is 0.477. The van der Waals surface area contributed by atoms with Crippen LogP contribution in [0.5, 0.6) is 0 Å². The van der Waals surface area contributed by atoms with Crippen LogP contribution in [-0.4, -0.2) is 6.26 Å². The molecule has 1 rings (SSSR count). The average Bonchev–Trinajstić information content (AvgIpc) is 2.35. The number of nitroso groups, excluding NO2 is 1. The second-order valence-electron chi connectivity index (χ2n) is 4.11. The number of thioether (sulfide) groups is 1. The molecule has 0 radical (unpaired) electrons. The number of anilines is 1. The van der Waals surface area contributed by atoms with E-state index in [1.54, 1.807) is 6.92 Å². The summed E-state index contributed by atoms with van der Waals surface area (Å²) in [6.07, 6.45) is 1.92. The fraction of sp³-hybridized carbons (Fsp3) is 0.385. The van der Waals surface area contributed by atoms with E-state index in [9.17, 15) is 4.91 Å². The SMILES string of the molecule is CS/C(Nc1ccc(C(C)C)cc1)=C(/C)N=O. The first-order valence-corrected chi connectivity index (χ1v) is 6.76. The third kappa shape index (κ3) is 3.89. The van der Waals surface area contributed by atoms with Crippen molar-refractivity contribution in [2.45, 2.75) is 26.7 Å². The van der Waals surface area contributed by atoms with Gasteiger partial charge in [0.25, 0.3) is 0 Å². The van der Waals surface area contributed by atoms with Crippen molar-refractivity contribution >= 4 is 17.4 Å². The van der Waals surface area contributed by atoms with Crippen molar-refractivity contribution in [3.05, 3.63) is 45.5 Å². The van der Waals surface area contributed by atoms with Crippen molar-refractivity contribution in [1.82, 2.24) is 0 Å². The smallest absolute Gasteiger partial charge is 0.112 e. The Kier molecular flexibility index (Phi) is 5.22. The Morgan fingerprint density at radius 3 is 2.29 bits per heavy atom. The molecule has 3 nitrogen and oxygen atoms in total. The van der Waals surface area contributed by atoms with Gasteiger partial charge in [-0.05, 0) is 42.0 Å². The fourth-order valence-corrected chi connectivity index (χ4v) is 1.97. The molecule has 0 aromatic heterocycles.